The number of nitrogen functional groups attached to an aromatic ring is 1. The predicted octanol–water partition coefficient (Wildman–Crippen LogP) is 0.885. The molecule has 0 aliphatic carbocycles. The second-order valence-corrected chi connectivity index (χ2v) is 8.82. The summed E-state index contributed by atoms with van der Waals surface area (Å²) in [5.41, 5.74) is 6.43. The second-order valence-electron chi connectivity index (χ2n) is 5.65. The van der Waals surface area contributed by atoms with Gasteiger partial charge < -0.3 is 10.6 Å². The highest BCUT2D eigenvalue weighted by molar-refractivity contribution is 7.99. The summed E-state index contributed by atoms with van der Waals surface area (Å²) in [5.74, 6) is 0.703. The Balaban J connectivity index is 2.01. The molecule has 1 fully saturated rings. The number of sulfone groups is 1. The Morgan fingerprint density at radius 1 is 1.48 bits per heavy atom. The number of aromatic nitrogens is 2. The molecule has 2 heterocycles. The maximum atomic E-state index is 12.5. The lowest BCUT2D eigenvalue weighted by Gasteiger charge is -2.27. The number of carbonyl (C=O) groups is 1. The fourth-order valence-corrected chi connectivity index (χ4v) is 5.14. The molecule has 1 amide bonds. The molecule has 1 aromatic rings. The number of amides is 1. The summed E-state index contributed by atoms with van der Waals surface area (Å²) in [6, 6.07) is 1.45. The van der Waals surface area contributed by atoms with Crippen molar-refractivity contribution in [1.82, 2.24) is 14.9 Å². The maximum Gasteiger partial charge on any atom is 0.233 e. The van der Waals surface area contributed by atoms with Crippen molar-refractivity contribution in [2.45, 2.75) is 37.9 Å². The van der Waals surface area contributed by atoms with Crippen LogP contribution in [0.25, 0.3) is 0 Å². The molecule has 9 heteroatoms. The van der Waals surface area contributed by atoms with E-state index in [1.165, 1.54) is 11.8 Å². The number of rotatable bonds is 6. The fourth-order valence-electron chi connectivity index (χ4n) is 2.61. The molecule has 0 spiro atoms. The Labute approximate surface area is 141 Å². The third kappa shape index (κ3) is 5.07. The van der Waals surface area contributed by atoms with Gasteiger partial charge in [0.05, 0.1) is 17.3 Å². The van der Waals surface area contributed by atoms with Crippen molar-refractivity contribution in [2.75, 3.05) is 29.5 Å². The van der Waals surface area contributed by atoms with Crippen molar-refractivity contribution in [1.29, 1.82) is 0 Å². The summed E-state index contributed by atoms with van der Waals surface area (Å²) in [7, 11) is -3.01. The zero-order valence-electron chi connectivity index (χ0n) is 13.4. The van der Waals surface area contributed by atoms with E-state index in [1.54, 1.807) is 11.0 Å². The average molecular weight is 358 g/mol. The highest BCUT2D eigenvalue weighted by Gasteiger charge is 2.34. The number of hydrogen-bond donors (Lipinski definition) is 1. The molecule has 0 radical (unpaired) electrons. The molecule has 1 unspecified atom stereocenters. The first-order chi connectivity index (χ1) is 10.8. The molecule has 1 aliphatic rings. The molecule has 0 saturated carbocycles. The van der Waals surface area contributed by atoms with E-state index < -0.39 is 9.84 Å². The van der Waals surface area contributed by atoms with Gasteiger partial charge in [0.1, 0.15) is 5.82 Å². The van der Waals surface area contributed by atoms with E-state index in [-0.39, 0.29) is 29.2 Å². The fraction of sp³-hybridized carbons (Fsp3) is 0.643. The van der Waals surface area contributed by atoms with Gasteiger partial charge in [-0.05, 0) is 19.8 Å². The summed E-state index contributed by atoms with van der Waals surface area (Å²) in [5, 5.41) is 0.464. The number of hydrogen-bond acceptors (Lipinski definition) is 7. The Morgan fingerprint density at radius 2 is 2.22 bits per heavy atom. The van der Waals surface area contributed by atoms with Crippen LogP contribution in [-0.2, 0) is 14.6 Å². The van der Waals surface area contributed by atoms with Crippen molar-refractivity contribution in [3.05, 3.63) is 11.8 Å². The molecule has 7 nitrogen and oxygen atoms in total. The summed E-state index contributed by atoms with van der Waals surface area (Å²) >= 11 is 1.23. The van der Waals surface area contributed by atoms with E-state index in [9.17, 15) is 13.2 Å². The first kappa shape index (κ1) is 18.0. The minimum absolute atomic E-state index is 0.0668. The summed E-state index contributed by atoms with van der Waals surface area (Å²) in [6.45, 7) is 4.36. The first-order valence-electron chi connectivity index (χ1n) is 7.54. The molecular formula is C14H22N4O3S2. The van der Waals surface area contributed by atoms with Crippen LogP contribution in [0.1, 0.15) is 25.5 Å². The van der Waals surface area contributed by atoms with Crippen molar-refractivity contribution >= 4 is 33.3 Å². The van der Waals surface area contributed by atoms with Crippen molar-refractivity contribution in [3.63, 3.8) is 0 Å². The van der Waals surface area contributed by atoms with Crippen LogP contribution in [-0.4, -0.2) is 59.0 Å². The topological polar surface area (TPSA) is 106 Å². The van der Waals surface area contributed by atoms with E-state index >= 15 is 0 Å². The standard InChI is InChI=1S/C14H22N4O3S2/c1-3-5-18(11-4-6-23(20,21)9-11)13(19)8-22-14-16-10(2)7-12(15)17-14/h7,11H,3-6,8-9H2,1-2H3,(H2,15,16,17). The number of nitrogens with two attached hydrogens (primary N) is 1. The van der Waals surface area contributed by atoms with Gasteiger partial charge in [0.25, 0.3) is 0 Å². The Kier molecular flexibility index (Phi) is 5.85. The van der Waals surface area contributed by atoms with Crippen LogP contribution in [0, 0.1) is 6.92 Å². The normalized spacial score (nSPS) is 19.7. The monoisotopic (exact) mass is 358 g/mol. The third-order valence-electron chi connectivity index (χ3n) is 3.61. The highest BCUT2D eigenvalue weighted by atomic mass is 32.2. The molecule has 2 N–H and O–H groups in total. The SMILES string of the molecule is CCCN(C(=O)CSc1nc(C)cc(N)n1)C1CCS(=O)(=O)C1. The second kappa shape index (κ2) is 7.48. The van der Waals surface area contributed by atoms with E-state index in [2.05, 4.69) is 9.97 Å². The zero-order valence-corrected chi connectivity index (χ0v) is 15.0. The number of anilines is 1. The van der Waals surface area contributed by atoms with Gasteiger partial charge in [-0.15, -0.1) is 0 Å². The molecule has 1 aliphatic heterocycles. The number of thioether (sulfide) groups is 1. The molecule has 1 saturated heterocycles. The lowest BCUT2D eigenvalue weighted by Crippen LogP contribution is -2.42. The minimum atomic E-state index is -3.01. The predicted molar refractivity (Wildman–Crippen MR) is 91.0 cm³/mol. The van der Waals surface area contributed by atoms with Gasteiger partial charge >= 0.3 is 0 Å². The third-order valence-corrected chi connectivity index (χ3v) is 6.19. The Bertz CT molecular complexity index is 658. The average Bonchev–Trinajstić information content (AvgIpc) is 2.81. The first-order valence-corrected chi connectivity index (χ1v) is 10.4. The maximum absolute atomic E-state index is 12.5. The van der Waals surface area contributed by atoms with Crippen LogP contribution >= 0.6 is 11.8 Å². The van der Waals surface area contributed by atoms with Gasteiger partial charge in [-0.2, -0.15) is 0 Å². The summed E-state index contributed by atoms with van der Waals surface area (Å²) < 4.78 is 23.3. The molecule has 2 rings (SSSR count). The lowest BCUT2D eigenvalue weighted by molar-refractivity contribution is -0.130. The smallest absolute Gasteiger partial charge is 0.233 e. The summed E-state index contributed by atoms with van der Waals surface area (Å²) in [4.78, 5) is 22.5. The molecule has 0 aromatic carbocycles. The van der Waals surface area contributed by atoms with Gasteiger partial charge in [-0.1, -0.05) is 18.7 Å². The van der Waals surface area contributed by atoms with E-state index in [1.807, 2.05) is 13.8 Å². The molecule has 1 atom stereocenters. The van der Waals surface area contributed by atoms with Gasteiger partial charge in [0, 0.05) is 24.3 Å². The molecule has 0 bridgehead atoms. The highest BCUT2D eigenvalue weighted by Crippen LogP contribution is 2.21. The number of aryl methyl sites for hydroxylation is 1. The van der Waals surface area contributed by atoms with E-state index in [0.29, 0.717) is 23.9 Å². The van der Waals surface area contributed by atoms with Gasteiger partial charge in [0.2, 0.25) is 5.91 Å². The van der Waals surface area contributed by atoms with Crippen LogP contribution in [0.3, 0.4) is 0 Å². The lowest BCUT2D eigenvalue weighted by atomic mass is 10.2. The zero-order chi connectivity index (χ0) is 17.0. The van der Waals surface area contributed by atoms with E-state index in [4.69, 9.17) is 5.73 Å². The van der Waals surface area contributed by atoms with Crippen LogP contribution in [0.5, 0.6) is 0 Å². The minimum Gasteiger partial charge on any atom is -0.384 e. The molecule has 128 valence electrons. The number of carbonyl (C=O) groups excluding carboxylic acids is 1. The largest absolute Gasteiger partial charge is 0.384 e. The molecule has 23 heavy (non-hydrogen) atoms. The Hall–Kier alpha value is -1.35. The van der Waals surface area contributed by atoms with Crippen LogP contribution in [0.15, 0.2) is 11.2 Å². The van der Waals surface area contributed by atoms with Crippen LogP contribution in [0.2, 0.25) is 0 Å². The van der Waals surface area contributed by atoms with Crippen molar-refractivity contribution < 1.29 is 13.2 Å². The van der Waals surface area contributed by atoms with Crippen LogP contribution in [0.4, 0.5) is 5.82 Å². The molecule has 1 aromatic heterocycles. The number of nitrogens with zero attached hydrogens (tertiary/aromatic N) is 3. The van der Waals surface area contributed by atoms with Crippen LogP contribution < -0.4 is 5.73 Å². The van der Waals surface area contributed by atoms with Gasteiger partial charge in [-0.25, -0.2) is 18.4 Å². The van der Waals surface area contributed by atoms with Crippen molar-refractivity contribution in [2.24, 2.45) is 0 Å². The molecular weight excluding hydrogens is 336 g/mol. The quantitative estimate of drug-likeness (QED) is 0.594. The van der Waals surface area contributed by atoms with E-state index in [0.717, 1.165) is 12.1 Å². The van der Waals surface area contributed by atoms with Gasteiger partial charge in [-0.3, -0.25) is 4.79 Å². The van der Waals surface area contributed by atoms with Crippen molar-refractivity contribution in [3.8, 4) is 0 Å². The Morgan fingerprint density at radius 3 is 2.78 bits per heavy atom. The van der Waals surface area contributed by atoms with Gasteiger partial charge in [0.15, 0.2) is 15.0 Å². The summed E-state index contributed by atoms with van der Waals surface area (Å²) in [6.07, 6.45) is 1.31.